The van der Waals surface area contributed by atoms with E-state index in [0.29, 0.717) is 0 Å². The molecule has 0 saturated carbocycles. The molecule has 0 unspecified atom stereocenters. The van der Waals surface area contributed by atoms with Crippen LogP contribution in [-0.4, -0.2) is 13.1 Å². The second-order valence-electron chi connectivity index (χ2n) is 7.21. The zero-order valence-corrected chi connectivity index (χ0v) is 13.6. The molecule has 0 aliphatic carbocycles. The highest BCUT2D eigenvalue weighted by atomic mass is 14.8. The van der Waals surface area contributed by atoms with Crippen LogP contribution in [0.4, 0.5) is 0 Å². The molecule has 108 valence electrons. The van der Waals surface area contributed by atoms with Crippen molar-refractivity contribution in [2.24, 2.45) is 0 Å². The van der Waals surface area contributed by atoms with Gasteiger partial charge in [-0.05, 0) is 47.9 Å². The lowest BCUT2D eigenvalue weighted by Gasteiger charge is -2.27. The molecule has 0 aromatic heterocycles. The Bertz CT molecular complexity index is 368. The van der Waals surface area contributed by atoms with Crippen LogP contribution in [-0.2, 0) is 10.8 Å². The second-order valence-corrected chi connectivity index (χ2v) is 7.21. The highest BCUT2D eigenvalue weighted by Crippen LogP contribution is 2.29. The number of nitrogens with one attached hydrogen (secondary N) is 1. The molecule has 1 rings (SSSR count). The summed E-state index contributed by atoms with van der Waals surface area (Å²) in [6.07, 6.45) is 2.39. The van der Waals surface area contributed by atoms with Crippen LogP contribution in [0.1, 0.15) is 65.5 Å². The van der Waals surface area contributed by atoms with Crippen LogP contribution >= 0.6 is 0 Å². The van der Waals surface area contributed by atoms with Crippen LogP contribution < -0.4 is 5.32 Å². The molecule has 1 nitrogen and oxygen atoms in total. The number of hydrogen-bond acceptors (Lipinski definition) is 1. The summed E-state index contributed by atoms with van der Waals surface area (Å²) in [6, 6.07) is 9.19. The minimum Gasteiger partial charge on any atom is -0.317 e. The van der Waals surface area contributed by atoms with E-state index in [9.17, 15) is 0 Å². The molecule has 19 heavy (non-hydrogen) atoms. The Morgan fingerprint density at radius 1 is 0.842 bits per heavy atom. The summed E-state index contributed by atoms with van der Waals surface area (Å²) >= 11 is 0. The van der Waals surface area contributed by atoms with Gasteiger partial charge in [-0.25, -0.2) is 0 Å². The summed E-state index contributed by atoms with van der Waals surface area (Å²) in [4.78, 5) is 0. The topological polar surface area (TPSA) is 12.0 Å². The van der Waals surface area contributed by atoms with Crippen LogP contribution in [0.25, 0.3) is 0 Å². The Kier molecular flexibility index (Phi) is 5.61. The lowest BCUT2D eigenvalue weighted by Crippen LogP contribution is -2.26. The fraction of sp³-hybridized carbons (Fsp3) is 0.667. The molecule has 0 aliphatic rings. The van der Waals surface area contributed by atoms with Crippen LogP contribution in [0.15, 0.2) is 24.3 Å². The average Bonchev–Trinajstić information content (AvgIpc) is 2.34. The first-order valence-electron chi connectivity index (χ1n) is 7.59. The minimum atomic E-state index is 0.241. The molecule has 1 heteroatoms. The quantitative estimate of drug-likeness (QED) is 0.735. The fourth-order valence-electron chi connectivity index (χ4n) is 2.27. The fourth-order valence-corrected chi connectivity index (χ4v) is 2.27. The van der Waals surface area contributed by atoms with E-state index >= 15 is 0 Å². The first kappa shape index (κ1) is 16.2. The Hall–Kier alpha value is -0.820. The summed E-state index contributed by atoms with van der Waals surface area (Å²) in [5, 5.41) is 3.50. The van der Waals surface area contributed by atoms with Gasteiger partial charge in [0.1, 0.15) is 0 Å². The molecule has 0 radical (unpaired) electrons. The molecule has 0 heterocycles. The van der Waals surface area contributed by atoms with Gasteiger partial charge in [-0.1, -0.05) is 65.8 Å². The van der Waals surface area contributed by atoms with Crippen molar-refractivity contribution in [2.75, 3.05) is 13.1 Å². The van der Waals surface area contributed by atoms with Crippen molar-refractivity contribution in [2.45, 2.75) is 65.2 Å². The van der Waals surface area contributed by atoms with Gasteiger partial charge in [-0.15, -0.1) is 0 Å². The molecule has 1 N–H and O–H groups in total. The maximum Gasteiger partial charge on any atom is -0.00406 e. The molecule has 0 aliphatic heterocycles. The molecule has 0 atom stereocenters. The minimum absolute atomic E-state index is 0.241. The van der Waals surface area contributed by atoms with E-state index in [1.54, 1.807) is 0 Å². The maximum atomic E-state index is 3.50. The Balaban J connectivity index is 2.68. The standard InChI is InChI=1S/C18H31N/c1-7-13-19-14-12-18(5,6)16-10-8-15(9-11-16)17(2,3)4/h8-11,19H,7,12-14H2,1-6H3. The number of hydrogen-bond donors (Lipinski definition) is 1. The lowest BCUT2D eigenvalue weighted by molar-refractivity contribution is 0.456. The lowest BCUT2D eigenvalue weighted by atomic mass is 9.79. The molecule has 1 aromatic carbocycles. The maximum absolute atomic E-state index is 3.50. The predicted octanol–water partition coefficient (Wildman–Crippen LogP) is 4.65. The van der Waals surface area contributed by atoms with Gasteiger partial charge in [0, 0.05) is 0 Å². The van der Waals surface area contributed by atoms with Crippen molar-refractivity contribution in [1.29, 1.82) is 0 Å². The van der Waals surface area contributed by atoms with Crippen molar-refractivity contribution < 1.29 is 0 Å². The molecule has 0 bridgehead atoms. The molecular formula is C18H31N. The highest BCUT2D eigenvalue weighted by molar-refractivity contribution is 5.31. The summed E-state index contributed by atoms with van der Waals surface area (Å²) in [5.74, 6) is 0. The van der Waals surface area contributed by atoms with Gasteiger partial charge < -0.3 is 5.32 Å². The second kappa shape index (κ2) is 6.56. The van der Waals surface area contributed by atoms with Gasteiger partial charge in [0.25, 0.3) is 0 Å². The zero-order chi connectivity index (χ0) is 14.5. The monoisotopic (exact) mass is 261 g/mol. The van der Waals surface area contributed by atoms with Crippen LogP contribution in [0.3, 0.4) is 0 Å². The van der Waals surface area contributed by atoms with E-state index < -0.39 is 0 Å². The third-order valence-corrected chi connectivity index (χ3v) is 3.89. The van der Waals surface area contributed by atoms with Crippen molar-refractivity contribution >= 4 is 0 Å². The van der Waals surface area contributed by atoms with Crippen molar-refractivity contribution in [3.05, 3.63) is 35.4 Å². The molecule has 0 fully saturated rings. The number of benzene rings is 1. The summed E-state index contributed by atoms with van der Waals surface area (Å²) in [6.45, 7) is 15.9. The van der Waals surface area contributed by atoms with Crippen LogP contribution in [0, 0.1) is 0 Å². The SMILES string of the molecule is CCCNCCC(C)(C)c1ccc(C(C)(C)C)cc1. The summed E-state index contributed by atoms with van der Waals surface area (Å²) in [7, 11) is 0. The van der Waals surface area contributed by atoms with E-state index in [1.165, 1.54) is 24.0 Å². The van der Waals surface area contributed by atoms with Crippen LogP contribution in [0.5, 0.6) is 0 Å². The van der Waals surface area contributed by atoms with Crippen molar-refractivity contribution in [1.82, 2.24) is 5.32 Å². The Morgan fingerprint density at radius 2 is 1.37 bits per heavy atom. The van der Waals surface area contributed by atoms with E-state index in [2.05, 4.69) is 71.1 Å². The zero-order valence-electron chi connectivity index (χ0n) is 13.6. The molecule has 1 aromatic rings. The molecular weight excluding hydrogens is 230 g/mol. The third kappa shape index (κ3) is 4.99. The van der Waals surface area contributed by atoms with Gasteiger partial charge in [-0.3, -0.25) is 0 Å². The van der Waals surface area contributed by atoms with E-state index in [-0.39, 0.29) is 10.8 Å². The molecule has 0 amide bonds. The average molecular weight is 261 g/mol. The smallest absolute Gasteiger partial charge is 0.00406 e. The van der Waals surface area contributed by atoms with Gasteiger partial charge in [0.2, 0.25) is 0 Å². The first-order valence-corrected chi connectivity index (χ1v) is 7.59. The normalized spacial score (nSPS) is 12.7. The van der Waals surface area contributed by atoms with Gasteiger partial charge >= 0.3 is 0 Å². The summed E-state index contributed by atoms with van der Waals surface area (Å²) < 4.78 is 0. The first-order chi connectivity index (χ1) is 8.77. The number of rotatable bonds is 6. The Labute approximate surface area is 119 Å². The van der Waals surface area contributed by atoms with Crippen LogP contribution in [0.2, 0.25) is 0 Å². The van der Waals surface area contributed by atoms with Gasteiger partial charge in [0.15, 0.2) is 0 Å². The predicted molar refractivity (Wildman–Crippen MR) is 85.9 cm³/mol. The Morgan fingerprint density at radius 3 is 1.84 bits per heavy atom. The van der Waals surface area contributed by atoms with E-state index in [1.807, 2.05) is 0 Å². The summed E-state index contributed by atoms with van der Waals surface area (Å²) in [5.41, 5.74) is 3.35. The highest BCUT2D eigenvalue weighted by Gasteiger charge is 2.21. The van der Waals surface area contributed by atoms with Gasteiger partial charge in [0.05, 0.1) is 0 Å². The van der Waals surface area contributed by atoms with Crippen molar-refractivity contribution in [3.63, 3.8) is 0 Å². The van der Waals surface area contributed by atoms with E-state index in [4.69, 9.17) is 0 Å². The van der Waals surface area contributed by atoms with Crippen molar-refractivity contribution in [3.8, 4) is 0 Å². The largest absolute Gasteiger partial charge is 0.317 e. The van der Waals surface area contributed by atoms with Gasteiger partial charge in [-0.2, -0.15) is 0 Å². The van der Waals surface area contributed by atoms with E-state index in [0.717, 1.165) is 13.1 Å². The third-order valence-electron chi connectivity index (χ3n) is 3.89. The molecule has 0 saturated heterocycles. The molecule has 0 spiro atoms.